The van der Waals surface area contributed by atoms with Crippen molar-refractivity contribution in [1.82, 2.24) is 10.2 Å². The van der Waals surface area contributed by atoms with Crippen LogP contribution in [0.1, 0.15) is 63.4 Å². The molecule has 3 fully saturated rings. The van der Waals surface area contributed by atoms with Gasteiger partial charge in [0.1, 0.15) is 5.72 Å². The third-order valence-corrected chi connectivity index (χ3v) is 7.46. The monoisotopic (exact) mass is 404 g/mol. The summed E-state index contributed by atoms with van der Waals surface area (Å²) in [5, 5.41) is 16.4. The summed E-state index contributed by atoms with van der Waals surface area (Å²) < 4.78 is 11.1. The molecule has 1 aliphatic heterocycles. The number of ether oxygens (including phenoxy) is 2. The Morgan fingerprint density at radius 1 is 1.11 bits per heavy atom. The second-order valence-electron chi connectivity index (χ2n) is 8.56. The first-order chi connectivity index (χ1) is 13.5. The van der Waals surface area contributed by atoms with E-state index in [1.54, 1.807) is 14.2 Å². The Bertz CT molecular complexity index is 734. The van der Waals surface area contributed by atoms with Crippen LogP contribution in [-0.4, -0.2) is 40.6 Å². The fraction of sp³-hybridized carbons (Fsp3) is 0.682. The summed E-state index contributed by atoms with van der Waals surface area (Å²) in [6.45, 7) is 0.509. The van der Waals surface area contributed by atoms with Crippen LogP contribution in [-0.2, 0) is 6.54 Å². The normalized spacial score (nSPS) is 29.2. The first-order valence-corrected chi connectivity index (χ1v) is 11.0. The van der Waals surface area contributed by atoms with Crippen LogP contribution >= 0.6 is 12.2 Å². The van der Waals surface area contributed by atoms with E-state index < -0.39 is 5.72 Å². The molecular formula is C22H32N2O3S. The van der Waals surface area contributed by atoms with E-state index in [1.807, 2.05) is 23.1 Å². The van der Waals surface area contributed by atoms with Crippen molar-refractivity contribution in [2.24, 2.45) is 5.92 Å². The van der Waals surface area contributed by atoms with Gasteiger partial charge in [-0.3, -0.25) is 0 Å². The van der Waals surface area contributed by atoms with Gasteiger partial charge in [-0.1, -0.05) is 37.8 Å². The largest absolute Gasteiger partial charge is 0.493 e. The van der Waals surface area contributed by atoms with Crippen LogP contribution in [0.2, 0.25) is 0 Å². The maximum atomic E-state index is 12.0. The number of nitrogens with one attached hydrogen (secondary N) is 1. The lowest BCUT2D eigenvalue weighted by Gasteiger charge is -2.61. The van der Waals surface area contributed by atoms with Crippen LogP contribution in [0.5, 0.6) is 11.5 Å². The maximum absolute atomic E-state index is 12.0. The summed E-state index contributed by atoms with van der Waals surface area (Å²) in [7, 11) is 3.30. The third-order valence-electron chi connectivity index (χ3n) is 7.14. The Hall–Kier alpha value is -1.53. The summed E-state index contributed by atoms with van der Waals surface area (Å²) in [4.78, 5) is 2.02. The number of rotatable bonds is 4. The lowest BCUT2D eigenvalue weighted by Crippen LogP contribution is -2.75. The molecule has 0 amide bonds. The highest BCUT2D eigenvalue weighted by Gasteiger charge is 2.58. The van der Waals surface area contributed by atoms with Crippen molar-refractivity contribution in [3.05, 3.63) is 23.8 Å². The van der Waals surface area contributed by atoms with Crippen LogP contribution in [0.25, 0.3) is 0 Å². The minimum absolute atomic E-state index is 0.0422. The lowest BCUT2D eigenvalue weighted by molar-refractivity contribution is -0.184. The molecule has 1 aromatic rings. The van der Waals surface area contributed by atoms with Crippen molar-refractivity contribution in [2.45, 2.75) is 75.6 Å². The number of para-hydroxylation sites is 1. The molecule has 2 saturated carbocycles. The molecule has 154 valence electrons. The number of thiocarbonyl (C=S) groups is 1. The zero-order chi connectivity index (χ0) is 19.8. The average molecular weight is 405 g/mol. The molecule has 1 aromatic carbocycles. The smallest absolute Gasteiger partial charge is 0.171 e. The van der Waals surface area contributed by atoms with E-state index in [9.17, 15) is 5.11 Å². The molecule has 4 rings (SSSR count). The highest BCUT2D eigenvalue weighted by molar-refractivity contribution is 7.80. The average Bonchev–Trinajstić information content (AvgIpc) is 2.71. The predicted molar refractivity (Wildman–Crippen MR) is 114 cm³/mol. The highest BCUT2D eigenvalue weighted by Crippen LogP contribution is 2.51. The summed E-state index contributed by atoms with van der Waals surface area (Å²) >= 11 is 5.84. The number of aliphatic hydroxyl groups is 1. The van der Waals surface area contributed by atoms with Crippen molar-refractivity contribution in [2.75, 3.05) is 14.2 Å². The Balaban J connectivity index is 1.69. The van der Waals surface area contributed by atoms with E-state index in [0.29, 0.717) is 23.2 Å². The number of hydrogen-bond acceptors (Lipinski definition) is 4. The number of benzene rings is 1. The lowest BCUT2D eigenvalue weighted by atomic mass is 9.62. The molecule has 5 nitrogen and oxygen atoms in total. The Kier molecular flexibility index (Phi) is 5.45. The van der Waals surface area contributed by atoms with Gasteiger partial charge in [0.05, 0.1) is 20.8 Å². The van der Waals surface area contributed by atoms with Crippen molar-refractivity contribution in [3.8, 4) is 11.5 Å². The minimum atomic E-state index is -0.897. The molecule has 1 heterocycles. The highest BCUT2D eigenvalue weighted by atomic mass is 32.1. The van der Waals surface area contributed by atoms with Crippen molar-refractivity contribution >= 4 is 17.3 Å². The second kappa shape index (κ2) is 7.71. The molecule has 1 spiro atoms. The summed E-state index contributed by atoms with van der Waals surface area (Å²) in [6, 6.07) is 5.88. The number of methoxy groups -OCH3 is 2. The van der Waals surface area contributed by atoms with E-state index in [1.165, 1.54) is 25.7 Å². The van der Waals surface area contributed by atoms with Crippen LogP contribution in [0.3, 0.4) is 0 Å². The van der Waals surface area contributed by atoms with Crippen molar-refractivity contribution < 1.29 is 14.6 Å². The predicted octanol–water partition coefficient (Wildman–Crippen LogP) is 3.98. The molecule has 0 radical (unpaired) electrons. The Labute approximate surface area is 173 Å². The minimum Gasteiger partial charge on any atom is -0.493 e. The van der Waals surface area contributed by atoms with Gasteiger partial charge < -0.3 is 24.8 Å². The summed E-state index contributed by atoms with van der Waals surface area (Å²) in [6.07, 6.45) is 9.97. The standard InChI is InChI=1S/C22H32N2O3S/c1-26-17-10-8-9-16(19(17)27-2)15-24-20(28)23-21(12-5-3-6-13-21)18-11-4-7-14-22(18,24)25/h8-10,18,25H,3-7,11-15H2,1-2H3,(H,23,28). The van der Waals surface area contributed by atoms with Gasteiger partial charge in [0, 0.05) is 17.0 Å². The first-order valence-electron chi connectivity index (χ1n) is 10.6. The third kappa shape index (κ3) is 3.14. The van der Waals surface area contributed by atoms with Crippen LogP contribution in [0, 0.1) is 5.92 Å². The second-order valence-corrected chi connectivity index (χ2v) is 8.95. The number of fused-ring (bicyclic) bond motifs is 2. The van der Waals surface area contributed by atoms with E-state index in [0.717, 1.165) is 37.7 Å². The Morgan fingerprint density at radius 3 is 2.57 bits per heavy atom. The van der Waals surface area contributed by atoms with Crippen LogP contribution in [0.15, 0.2) is 18.2 Å². The van der Waals surface area contributed by atoms with E-state index in [4.69, 9.17) is 21.7 Å². The molecule has 3 aliphatic rings. The fourth-order valence-electron chi connectivity index (χ4n) is 5.84. The molecule has 6 heteroatoms. The van der Waals surface area contributed by atoms with Crippen molar-refractivity contribution in [3.63, 3.8) is 0 Å². The zero-order valence-corrected chi connectivity index (χ0v) is 17.8. The van der Waals surface area contributed by atoms with E-state index in [-0.39, 0.29) is 11.5 Å². The molecule has 0 bridgehead atoms. The molecule has 28 heavy (non-hydrogen) atoms. The number of nitrogens with zero attached hydrogens (tertiary/aromatic N) is 1. The van der Waals surface area contributed by atoms with Gasteiger partial charge >= 0.3 is 0 Å². The van der Waals surface area contributed by atoms with Gasteiger partial charge in [0.2, 0.25) is 0 Å². The number of hydrogen-bond donors (Lipinski definition) is 2. The van der Waals surface area contributed by atoms with Gasteiger partial charge in [-0.25, -0.2) is 0 Å². The van der Waals surface area contributed by atoms with Crippen LogP contribution < -0.4 is 14.8 Å². The zero-order valence-electron chi connectivity index (χ0n) is 17.0. The summed E-state index contributed by atoms with van der Waals surface area (Å²) in [5.74, 6) is 1.62. The van der Waals surface area contributed by atoms with Crippen LogP contribution in [0.4, 0.5) is 0 Å². The molecular weight excluding hydrogens is 372 g/mol. The van der Waals surface area contributed by atoms with Gasteiger partial charge in [-0.15, -0.1) is 0 Å². The Morgan fingerprint density at radius 2 is 1.86 bits per heavy atom. The van der Waals surface area contributed by atoms with E-state index >= 15 is 0 Å². The molecule has 2 unspecified atom stereocenters. The van der Waals surface area contributed by atoms with E-state index in [2.05, 4.69) is 5.32 Å². The molecule has 2 atom stereocenters. The molecule has 1 saturated heterocycles. The molecule has 2 aliphatic carbocycles. The fourth-order valence-corrected chi connectivity index (χ4v) is 6.26. The quantitative estimate of drug-likeness (QED) is 0.741. The summed E-state index contributed by atoms with van der Waals surface area (Å²) in [5.41, 5.74) is 0.0363. The van der Waals surface area contributed by atoms with Crippen molar-refractivity contribution in [1.29, 1.82) is 0 Å². The van der Waals surface area contributed by atoms with Gasteiger partial charge in [-0.05, 0) is 50.4 Å². The first kappa shape index (κ1) is 19.8. The molecule has 0 aromatic heterocycles. The van der Waals surface area contributed by atoms with Gasteiger partial charge in [-0.2, -0.15) is 0 Å². The van der Waals surface area contributed by atoms with Gasteiger partial charge in [0.15, 0.2) is 16.6 Å². The SMILES string of the molecule is COc1cccc(CN2C(=S)NC3(CCCCC3)C3CCCCC32O)c1OC. The topological polar surface area (TPSA) is 54.0 Å². The maximum Gasteiger partial charge on any atom is 0.171 e. The molecule has 2 N–H and O–H groups in total. The van der Waals surface area contributed by atoms with Gasteiger partial charge in [0.25, 0.3) is 0 Å².